The van der Waals surface area contributed by atoms with Crippen LogP contribution in [0.1, 0.15) is 226 Å². The van der Waals surface area contributed by atoms with Crippen LogP contribution in [0.3, 0.4) is 0 Å². The fourth-order valence-corrected chi connectivity index (χ4v) is 6.77. The number of hydrogen-bond donors (Lipinski definition) is 0. The minimum atomic E-state index is -0.821. The zero-order valence-electron chi connectivity index (χ0n) is 42.0. The lowest BCUT2D eigenvalue weighted by molar-refractivity contribution is -0.167. The predicted octanol–water partition coefficient (Wildman–Crippen LogP) is 17.5. The van der Waals surface area contributed by atoms with Crippen LogP contribution in [0.2, 0.25) is 0 Å². The topological polar surface area (TPSA) is 78.9 Å². The summed E-state index contributed by atoms with van der Waals surface area (Å²) in [5, 5.41) is 0. The second-order valence-corrected chi connectivity index (χ2v) is 17.0. The number of ether oxygens (including phenoxy) is 3. The Morgan fingerprint density at radius 3 is 1.08 bits per heavy atom. The van der Waals surface area contributed by atoms with E-state index in [0.717, 1.165) is 83.5 Å². The van der Waals surface area contributed by atoms with Gasteiger partial charge in [0.1, 0.15) is 13.2 Å². The minimum Gasteiger partial charge on any atom is -0.462 e. The van der Waals surface area contributed by atoms with Gasteiger partial charge in [-0.05, 0) is 122 Å². The van der Waals surface area contributed by atoms with Crippen molar-refractivity contribution in [3.05, 3.63) is 109 Å². The third-order valence-electron chi connectivity index (χ3n) is 10.7. The van der Waals surface area contributed by atoms with E-state index in [2.05, 4.69) is 130 Å². The van der Waals surface area contributed by atoms with Crippen molar-refractivity contribution in [3.63, 3.8) is 0 Å². The number of allylic oxidation sites excluding steroid dienone is 18. The zero-order valence-corrected chi connectivity index (χ0v) is 42.0. The normalized spacial score (nSPS) is 13.0. The van der Waals surface area contributed by atoms with Gasteiger partial charge < -0.3 is 14.2 Å². The Hall–Kier alpha value is -3.93. The third kappa shape index (κ3) is 50.9. The van der Waals surface area contributed by atoms with Gasteiger partial charge in [-0.3, -0.25) is 14.4 Å². The van der Waals surface area contributed by atoms with E-state index in [9.17, 15) is 14.4 Å². The predicted molar refractivity (Wildman–Crippen MR) is 279 cm³/mol. The second kappa shape index (κ2) is 52.7. The average molecular weight is 901 g/mol. The van der Waals surface area contributed by atoms with Gasteiger partial charge in [-0.1, -0.05) is 194 Å². The molecule has 0 radical (unpaired) electrons. The Morgan fingerprint density at radius 1 is 0.323 bits per heavy atom. The number of hydrogen-bond acceptors (Lipinski definition) is 6. The summed E-state index contributed by atoms with van der Waals surface area (Å²) in [5.74, 6) is -1.02. The molecule has 0 saturated carbocycles. The van der Waals surface area contributed by atoms with E-state index in [0.29, 0.717) is 25.7 Å². The molecule has 0 aromatic rings. The van der Waals surface area contributed by atoms with Gasteiger partial charge in [-0.2, -0.15) is 0 Å². The van der Waals surface area contributed by atoms with E-state index in [-0.39, 0.29) is 37.5 Å². The number of rotatable bonds is 46. The molecule has 0 aliphatic heterocycles. The van der Waals surface area contributed by atoms with E-state index in [1.165, 1.54) is 89.9 Å². The summed E-state index contributed by atoms with van der Waals surface area (Å²) in [4.78, 5) is 38.0. The van der Waals surface area contributed by atoms with Crippen LogP contribution in [0.25, 0.3) is 0 Å². The van der Waals surface area contributed by atoms with Crippen LogP contribution >= 0.6 is 0 Å². The highest BCUT2D eigenvalue weighted by Crippen LogP contribution is 2.13. The van der Waals surface area contributed by atoms with Crippen molar-refractivity contribution in [2.75, 3.05) is 13.2 Å². The molecule has 0 aliphatic carbocycles. The number of carbonyl (C=O) groups is 3. The van der Waals surface area contributed by atoms with E-state index in [1.807, 2.05) is 0 Å². The number of esters is 3. The Bertz CT molecular complexity index is 1360. The highest BCUT2D eigenvalue weighted by Gasteiger charge is 2.19. The molecule has 0 aromatic carbocycles. The van der Waals surface area contributed by atoms with Gasteiger partial charge in [-0.25, -0.2) is 0 Å². The molecule has 0 N–H and O–H groups in total. The maximum absolute atomic E-state index is 12.8. The molecule has 0 saturated heterocycles. The van der Waals surface area contributed by atoms with Crippen LogP contribution in [-0.4, -0.2) is 37.2 Å². The van der Waals surface area contributed by atoms with Crippen LogP contribution in [0.15, 0.2) is 109 Å². The Morgan fingerprint density at radius 2 is 0.615 bits per heavy atom. The third-order valence-corrected chi connectivity index (χ3v) is 10.7. The molecule has 0 heterocycles. The molecular formula is C59H96O6. The highest BCUT2D eigenvalue weighted by molar-refractivity contribution is 5.71. The molecule has 0 bridgehead atoms. The monoisotopic (exact) mass is 901 g/mol. The zero-order chi connectivity index (χ0) is 47.2. The van der Waals surface area contributed by atoms with E-state index >= 15 is 0 Å². The molecule has 368 valence electrons. The van der Waals surface area contributed by atoms with Crippen molar-refractivity contribution < 1.29 is 28.6 Å². The van der Waals surface area contributed by atoms with Crippen molar-refractivity contribution in [3.8, 4) is 0 Å². The average Bonchev–Trinajstić information content (AvgIpc) is 3.30. The van der Waals surface area contributed by atoms with Crippen LogP contribution < -0.4 is 0 Å². The summed E-state index contributed by atoms with van der Waals surface area (Å²) >= 11 is 0. The molecule has 0 aromatic heterocycles. The summed E-state index contributed by atoms with van der Waals surface area (Å²) in [6.07, 6.45) is 70.8. The van der Waals surface area contributed by atoms with Crippen LogP contribution in [0.5, 0.6) is 0 Å². The van der Waals surface area contributed by atoms with Gasteiger partial charge in [0, 0.05) is 19.3 Å². The van der Waals surface area contributed by atoms with Gasteiger partial charge in [0.05, 0.1) is 0 Å². The first-order chi connectivity index (χ1) is 32.0. The molecule has 0 amide bonds. The van der Waals surface area contributed by atoms with Crippen molar-refractivity contribution in [2.24, 2.45) is 0 Å². The summed E-state index contributed by atoms with van der Waals surface area (Å²) in [6.45, 7) is 6.38. The fraction of sp³-hybridized carbons (Fsp3) is 0.644. The molecular weight excluding hydrogens is 805 g/mol. The van der Waals surface area contributed by atoms with Crippen molar-refractivity contribution in [1.82, 2.24) is 0 Å². The molecule has 65 heavy (non-hydrogen) atoms. The largest absolute Gasteiger partial charge is 0.462 e. The molecule has 6 heteroatoms. The summed E-state index contributed by atoms with van der Waals surface area (Å²) in [5.41, 5.74) is 0. The van der Waals surface area contributed by atoms with E-state index in [4.69, 9.17) is 14.2 Å². The van der Waals surface area contributed by atoms with E-state index < -0.39 is 6.10 Å². The highest BCUT2D eigenvalue weighted by atomic mass is 16.6. The van der Waals surface area contributed by atoms with Gasteiger partial charge in [0.2, 0.25) is 0 Å². The number of unbranched alkanes of at least 4 members (excludes halogenated alkanes) is 17. The number of carbonyl (C=O) groups excluding carboxylic acids is 3. The standard InChI is InChI=1S/C59H96O6/c1-4-7-10-13-16-19-22-25-28-29-32-34-37-40-43-46-49-52-58(61)64-55-56(65-59(62)53-50-47-44-41-38-35-31-27-24-21-18-15-12-9-6-3)54-63-57(60)51-48-45-42-39-36-33-30-26-23-20-17-14-11-8-5-2/h8,11,16-17,19-21,24-26,28,30,32,34,36,39-40,43,56H,4-7,9-10,12-15,18,22-23,27,29,31,33,35,37-38,41-42,44-55H2,1-3H3/b11-8-,19-16-,20-17-,24-21-,28-25-,30-26-,34-32-,39-36-,43-40-/t56-/m1/s1. The van der Waals surface area contributed by atoms with Gasteiger partial charge in [0.15, 0.2) is 6.10 Å². The van der Waals surface area contributed by atoms with Crippen molar-refractivity contribution in [1.29, 1.82) is 0 Å². The fourth-order valence-electron chi connectivity index (χ4n) is 6.77. The van der Waals surface area contributed by atoms with Crippen LogP contribution in [0, 0.1) is 0 Å². The molecule has 0 spiro atoms. The van der Waals surface area contributed by atoms with E-state index in [1.54, 1.807) is 0 Å². The second-order valence-electron chi connectivity index (χ2n) is 17.0. The quantitative estimate of drug-likeness (QED) is 0.0262. The lowest BCUT2D eigenvalue weighted by Gasteiger charge is -2.18. The first-order valence-corrected chi connectivity index (χ1v) is 26.4. The van der Waals surface area contributed by atoms with Crippen LogP contribution in [0.4, 0.5) is 0 Å². The Kier molecular flexibility index (Phi) is 49.5. The lowest BCUT2D eigenvalue weighted by atomic mass is 10.1. The van der Waals surface area contributed by atoms with Crippen molar-refractivity contribution in [2.45, 2.75) is 232 Å². The minimum absolute atomic E-state index is 0.120. The molecule has 6 nitrogen and oxygen atoms in total. The molecule has 0 rings (SSSR count). The first kappa shape index (κ1) is 61.1. The molecule has 0 unspecified atom stereocenters. The maximum atomic E-state index is 12.8. The molecule has 0 fully saturated rings. The smallest absolute Gasteiger partial charge is 0.306 e. The summed E-state index contributed by atoms with van der Waals surface area (Å²) in [7, 11) is 0. The lowest BCUT2D eigenvalue weighted by Crippen LogP contribution is -2.30. The SMILES string of the molecule is CC/C=C\C/C=C\C/C=C\C/C=C\CCCCC(=O)OC[C@H](COC(=O)CCC/C=C\C/C=C\C/C=C\C/C=C\CCCCC)OC(=O)CCCCCCCCC/C=C\CCCCCC. The Labute approximate surface area is 400 Å². The molecule has 1 atom stereocenters. The van der Waals surface area contributed by atoms with Crippen LogP contribution in [-0.2, 0) is 28.6 Å². The van der Waals surface area contributed by atoms with Gasteiger partial charge in [0.25, 0.3) is 0 Å². The summed E-state index contributed by atoms with van der Waals surface area (Å²) < 4.78 is 16.7. The van der Waals surface area contributed by atoms with Crippen molar-refractivity contribution >= 4 is 17.9 Å². The van der Waals surface area contributed by atoms with Gasteiger partial charge >= 0.3 is 17.9 Å². The summed E-state index contributed by atoms with van der Waals surface area (Å²) in [6, 6.07) is 0. The van der Waals surface area contributed by atoms with Gasteiger partial charge in [-0.15, -0.1) is 0 Å². The Balaban J connectivity index is 4.56. The first-order valence-electron chi connectivity index (χ1n) is 26.4. The maximum Gasteiger partial charge on any atom is 0.306 e. The molecule has 0 aliphatic rings.